The molecular formula is C18H24N4O3. The molecule has 2 aromatic rings. The van der Waals surface area contributed by atoms with E-state index in [-0.39, 0.29) is 18.6 Å². The van der Waals surface area contributed by atoms with E-state index in [0.29, 0.717) is 32.0 Å². The Morgan fingerprint density at radius 3 is 2.92 bits per heavy atom. The summed E-state index contributed by atoms with van der Waals surface area (Å²) in [6.07, 6.45) is 0. The van der Waals surface area contributed by atoms with Gasteiger partial charge in [-0.25, -0.2) is 9.48 Å². The third-order valence-electron chi connectivity index (χ3n) is 4.27. The molecule has 1 aromatic carbocycles. The van der Waals surface area contributed by atoms with E-state index in [1.807, 2.05) is 48.9 Å². The van der Waals surface area contributed by atoms with Gasteiger partial charge < -0.3 is 20.1 Å². The van der Waals surface area contributed by atoms with E-state index in [2.05, 4.69) is 10.4 Å². The maximum atomic E-state index is 12.7. The Hall–Kier alpha value is -2.38. The quantitative estimate of drug-likeness (QED) is 0.892. The van der Waals surface area contributed by atoms with Crippen LogP contribution in [0.2, 0.25) is 0 Å². The standard InChI is InChI=1S/C18H24N4O3/c1-13-9-14(2)22(20-13)17-6-4-3-5-16(17)19-18(24)21-7-8-25-12-15(10-21)11-23/h3-6,9,15,23H,7-8,10-12H2,1-2H3,(H,19,24)/t15-/m0/s1. The number of aliphatic hydroxyl groups excluding tert-OH is 1. The average Bonchev–Trinajstić information content (AvgIpc) is 2.81. The number of aromatic nitrogens is 2. The first-order valence-corrected chi connectivity index (χ1v) is 8.45. The van der Waals surface area contributed by atoms with Gasteiger partial charge in [0.05, 0.1) is 30.3 Å². The number of anilines is 1. The zero-order chi connectivity index (χ0) is 17.8. The van der Waals surface area contributed by atoms with Crippen molar-refractivity contribution in [2.24, 2.45) is 5.92 Å². The molecule has 0 saturated carbocycles. The number of rotatable bonds is 3. The van der Waals surface area contributed by atoms with Crippen molar-refractivity contribution < 1.29 is 14.6 Å². The van der Waals surface area contributed by atoms with Gasteiger partial charge in [0.1, 0.15) is 0 Å². The number of carbonyl (C=O) groups excluding carboxylic acids is 1. The van der Waals surface area contributed by atoms with Crippen LogP contribution in [-0.4, -0.2) is 58.7 Å². The van der Waals surface area contributed by atoms with E-state index in [1.54, 1.807) is 4.90 Å². The molecule has 3 rings (SSSR count). The highest BCUT2D eigenvalue weighted by Crippen LogP contribution is 2.22. The summed E-state index contributed by atoms with van der Waals surface area (Å²) >= 11 is 0. The smallest absolute Gasteiger partial charge is 0.321 e. The molecule has 0 spiro atoms. The van der Waals surface area contributed by atoms with Crippen molar-refractivity contribution in [2.75, 3.05) is 38.2 Å². The van der Waals surface area contributed by atoms with Crippen molar-refractivity contribution in [1.82, 2.24) is 14.7 Å². The number of aliphatic hydroxyl groups is 1. The third-order valence-corrected chi connectivity index (χ3v) is 4.27. The Morgan fingerprint density at radius 1 is 1.40 bits per heavy atom. The first-order valence-electron chi connectivity index (χ1n) is 8.45. The number of nitrogens with one attached hydrogen (secondary N) is 1. The normalized spacial score (nSPS) is 18.0. The van der Waals surface area contributed by atoms with Crippen LogP contribution in [0.3, 0.4) is 0 Å². The van der Waals surface area contributed by atoms with Crippen molar-refractivity contribution >= 4 is 11.7 Å². The van der Waals surface area contributed by atoms with Gasteiger partial charge in [-0.05, 0) is 32.0 Å². The lowest BCUT2D eigenvalue weighted by atomic mass is 10.1. The zero-order valence-electron chi connectivity index (χ0n) is 14.6. The molecule has 1 aromatic heterocycles. The van der Waals surface area contributed by atoms with E-state index in [4.69, 9.17) is 4.74 Å². The number of carbonyl (C=O) groups is 1. The highest BCUT2D eigenvalue weighted by atomic mass is 16.5. The third kappa shape index (κ3) is 4.00. The molecule has 1 aliphatic heterocycles. The summed E-state index contributed by atoms with van der Waals surface area (Å²) in [7, 11) is 0. The Bertz CT molecular complexity index is 744. The number of amides is 2. The predicted octanol–water partition coefficient (Wildman–Crippen LogP) is 1.96. The van der Waals surface area contributed by atoms with Gasteiger partial charge in [-0.1, -0.05) is 12.1 Å². The van der Waals surface area contributed by atoms with Crippen molar-refractivity contribution in [1.29, 1.82) is 0 Å². The topological polar surface area (TPSA) is 79.6 Å². The van der Waals surface area contributed by atoms with E-state index in [1.165, 1.54) is 0 Å². The molecule has 1 fully saturated rings. The van der Waals surface area contributed by atoms with Gasteiger partial charge in [-0.3, -0.25) is 0 Å². The fourth-order valence-electron chi connectivity index (χ4n) is 3.01. The van der Waals surface area contributed by atoms with Crippen LogP contribution in [0.1, 0.15) is 11.4 Å². The zero-order valence-corrected chi connectivity index (χ0v) is 14.6. The molecule has 2 N–H and O–H groups in total. The first-order chi connectivity index (χ1) is 12.1. The number of aryl methyl sites for hydroxylation is 2. The Balaban J connectivity index is 1.81. The number of hydrogen-bond acceptors (Lipinski definition) is 4. The Morgan fingerprint density at radius 2 is 2.20 bits per heavy atom. The van der Waals surface area contributed by atoms with Gasteiger partial charge in [0.25, 0.3) is 0 Å². The minimum Gasteiger partial charge on any atom is -0.396 e. The van der Waals surface area contributed by atoms with Gasteiger partial charge in [0.2, 0.25) is 0 Å². The lowest BCUT2D eigenvalue weighted by Crippen LogP contribution is -2.39. The number of urea groups is 1. The maximum absolute atomic E-state index is 12.7. The van der Waals surface area contributed by atoms with Crippen molar-refractivity contribution in [3.63, 3.8) is 0 Å². The van der Waals surface area contributed by atoms with Gasteiger partial charge in [-0.15, -0.1) is 0 Å². The molecule has 0 aliphatic carbocycles. The first kappa shape index (κ1) is 17.4. The van der Waals surface area contributed by atoms with E-state index >= 15 is 0 Å². The van der Waals surface area contributed by atoms with E-state index < -0.39 is 0 Å². The van der Waals surface area contributed by atoms with Crippen LogP contribution in [0.15, 0.2) is 30.3 Å². The van der Waals surface area contributed by atoms with Gasteiger partial charge in [0.15, 0.2) is 0 Å². The second kappa shape index (κ2) is 7.67. The predicted molar refractivity (Wildman–Crippen MR) is 95.0 cm³/mol. The number of para-hydroxylation sites is 2. The van der Waals surface area contributed by atoms with Crippen LogP contribution in [0.25, 0.3) is 5.69 Å². The van der Waals surface area contributed by atoms with Crippen LogP contribution in [-0.2, 0) is 4.74 Å². The second-order valence-corrected chi connectivity index (χ2v) is 6.36. The fourth-order valence-corrected chi connectivity index (χ4v) is 3.01. The van der Waals surface area contributed by atoms with Crippen molar-refractivity contribution in [2.45, 2.75) is 13.8 Å². The largest absolute Gasteiger partial charge is 0.396 e. The van der Waals surface area contributed by atoms with Gasteiger partial charge in [0, 0.05) is 31.3 Å². The molecule has 1 atom stereocenters. The molecule has 25 heavy (non-hydrogen) atoms. The molecular weight excluding hydrogens is 320 g/mol. The van der Waals surface area contributed by atoms with Crippen LogP contribution in [0, 0.1) is 19.8 Å². The monoisotopic (exact) mass is 344 g/mol. The molecule has 7 nitrogen and oxygen atoms in total. The summed E-state index contributed by atoms with van der Waals surface area (Å²) in [4.78, 5) is 14.4. The van der Waals surface area contributed by atoms with Crippen LogP contribution in [0.4, 0.5) is 10.5 Å². The minimum absolute atomic E-state index is 0.00608. The molecule has 7 heteroatoms. The summed E-state index contributed by atoms with van der Waals surface area (Å²) < 4.78 is 7.27. The van der Waals surface area contributed by atoms with Crippen LogP contribution in [0.5, 0.6) is 0 Å². The molecule has 2 heterocycles. The average molecular weight is 344 g/mol. The number of benzene rings is 1. The number of nitrogens with zero attached hydrogens (tertiary/aromatic N) is 3. The Kier molecular flexibility index (Phi) is 5.35. The highest BCUT2D eigenvalue weighted by molar-refractivity contribution is 5.91. The van der Waals surface area contributed by atoms with Crippen molar-refractivity contribution in [3.8, 4) is 5.69 Å². The molecule has 134 valence electrons. The number of hydrogen-bond donors (Lipinski definition) is 2. The molecule has 1 saturated heterocycles. The molecule has 2 amide bonds. The van der Waals surface area contributed by atoms with Crippen LogP contribution >= 0.6 is 0 Å². The lowest BCUT2D eigenvalue weighted by molar-refractivity contribution is 0.0958. The van der Waals surface area contributed by atoms with E-state index in [9.17, 15) is 9.90 Å². The van der Waals surface area contributed by atoms with Crippen LogP contribution < -0.4 is 5.32 Å². The Labute approximate surface area is 147 Å². The van der Waals surface area contributed by atoms with Gasteiger partial charge in [-0.2, -0.15) is 5.10 Å². The van der Waals surface area contributed by atoms with Gasteiger partial charge >= 0.3 is 6.03 Å². The second-order valence-electron chi connectivity index (χ2n) is 6.36. The fraction of sp³-hybridized carbons (Fsp3) is 0.444. The summed E-state index contributed by atoms with van der Waals surface area (Å²) in [6, 6.07) is 9.39. The maximum Gasteiger partial charge on any atom is 0.321 e. The molecule has 0 radical (unpaired) electrons. The SMILES string of the molecule is Cc1cc(C)n(-c2ccccc2NC(=O)N2CCOC[C@H](CO)C2)n1. The summed E-state index contributed by atoms with van der Waals surface area (Å²) in [5, 5.41) is 16.9. The van der Waals surface area contributed by atoms with E-state index in [0.717, 1.165) is 17.1 Å². The minimum atomic E-state index is -0.196. The molecule has 0 bridgehead atoms. The molecule has 0 unspecified atom stereocenters. The lowest BCUT2D eigenvalue weighted by Gasteiger charge is -2.23. The highest BCUT2D eigenvalue weighted by Gasteiger charge is 2.23. The summed E-state index contributed by atoms with van der Waals surface area (Å²) in [5.74, 6) is -0.0560. The van der Waals surface area contributed by atoms with Crippen molar-refractivity contribution in [3.05, 3.63) is 41.7 Å². The number of ether oxygens (including phenoxy) is 1. The summed E-state index contributed by atoms with van der Waals surface area (Å²) in [5.41, 5.74) is 3.45. The molecule has 1 aliphatic rings. The summed E-state index contributed by atoms with van der Waals surface area (Å²) in [6.45, 7) is 5.86.